The molecule has 0 saturated carbocycles. The Morgan fingerprint density at radius 3 is 2.31 bits per heavy atom. The van der Waals surface area contributed by atoms with Crippen LogP contribution in [-0.4, -0.2) is 36.3 Å². The molecule has 2 aromatic carbocycles. The Hall–Kier alpha value is -1.59. The van der Waals surface area contributed by atoms with E-state index in [0.717, 1.165) is 25.1 Å². The Labute approximate surface area is 168 Å². The minimum atomic E-state index is 0. The van der Waals surface area contributed by atoms with Crippen molar-refractivity contribution in [3.63, 3.8) is 0 Å². The van der Waals surface area contributed by atoms with E-state index in [4.69, 9.17) is 5.73 Å². The number of nitrogens with zero attached hydrogens (tertiary/aromatic N) is 2. The first kappa shape index (κ1) is 22.5. The van der Waals surface area contributed by atoms with Crippen LogP contribution >= 0.6 is 24.8 Å². The quantitative estimate of drug-likeness (QED) is 0.844. The van der Waals surface area contributed by atoms with Gasteiger partial charge in [-0.15, -0.1) is 24.8 Å². The Bertz CT molecular complexity index is 734. The van der Waals surface area contributed by atoms with Crippen molar-refractivity contribution in [3.05, 3.63) is 70.3 Å². The van der Waals surface area contributed by atoms with E-state index in [1.165, 1.54) is 22.3 Å². The first-order valence-corrected chi connectivity index (χ1v) is 8.40. The molecule has 0 aromatic heterocycles. The molecular weight excluding hydrogens is 369 g/mol. The van der Waals surface area contributed by atoms with Crippen molar-refractivity contribution in [2.24, 2.45) is 5.73 Å². The molecule has 6 heteroatoms. The minimum absolute atomic E-state index is 0. The van der Waals surface area contributed by atoms with E-state index in [9.17, 15) is 4.79 Å². The van der Waals surface area contributed by atoms with Gasteiger partial charge in [0.05, 0.1) is 0 Å². The molecule has 1 aliphatic rings. The van der Waals surface area contributed by atoms with Gasteiger partial charge in [0.2, 0.25) is 0 Å². The van der Waals surface area contributed by atoms with E-state index in [1.54, 1.807) is 4.90 Å². The third-order valence-corrected chi connectivity index (χ3v) is 4.55. The lowest BCUT2D eigenvalue weighted by atomic mass is 10.1. The van der Waals surface area contributed by atoms with Crippen LogP contribution in [0.25, 0.3) is 0 Å². The fourth-order valence-corrected chi connectivity index (χ4v) is 3.26. The van der Waals surface area contributed by atoms with Crippen LogP contribution in [0, 0.1) is 0 Å². The average molecular weight is 396 g/mol. The molecule has 2 aromatic rings. The fourth-order valence-electron chi connectivity index (χ4n) is 3.26. The van der Waals surface area contributed by atoms with Gasteiger partial charge >= 0.3 is 0 Å². The van der Waals surface area contributed by atoms with Crippen molar-refractivity contribution >= 4 is 30.7 Å². The molecule has 1 aliphatic heterocycles. The van der Waals surface area contributed by atoms with Gasteiger partial charge in [0.25, 0.3) is 5.91 Å². The van der Waals surface area contributed by atoms with E-state index in [2.05, 4.69) is 30.1 Å². The lowest BCUT2D eigenvalue weighted by Gasteiger charge is -2.18. The third kappa shape index (κ3) is 5.21. The van der Waals surface area contributed by atoms with Crippen LogP contribution in [-0.2, 0) is 26.1 Å². The van der Waals surface area contributed by atoms with Crippen molar-refractivity contribution in [2.75, 3.05) is 20.6 Å². The summed E-state index contributed by atoms with van der Waals surface area (Å²) in [5, 5.41) is 0. The maximum absolute atomic E-state index is 12.6. The first-order chi connectivity index (χ1) is 11.6. The maximum Gasteiger partial charge on any atom is 0.253 e. The third-order valence-electron chi connectivity index (χ3n) is 4.55. The number of amides is 1. The van der Waals surface area contributed by atoms with Crippen LogP contribution in [0.2, 0.25) is 0 Å². The van der Waals surface area contributed by atoms with E-state index in [-0.39, 0.29) is 30.7 Å². The predicted molar refractivity (Wildman–Crippen MR) is 111 cm³/mol. The highest BCUT2D eigenvalue weighted by atomic mass is 35.5. The van der Waals surface area contributed by atoms with Crippen molar-refractivity contribution in [3.8, 4) is 0 Å². The minimum Gasteiger partial charge on any atom is -0.337 e. The highest BCUT2D eigenvalue weighted by Gasteiger charge is 2.17. The number of carbonyl (C=O) groups is 1. The second kappa shape index (κ2) is 9.93. The molecule has 0 unspecified atom stereocenters. The number of rotatable bonds is 5. The SMILES string of the molecule is CN1Cc2ccc(CN(C)C(=O)c3ccc(CCN)cc3)cc2C1.Cl.Cl. The summed E-state index contributed by atoms with van der Waals surface area (Å²) in [4.78, 5) is 16.7. The van der Waals surface area contributed by atoms with E-state index in [0.29, 0.717) is 13.1 Å². The molecule has 1 heterocycles. The van der Waals surface area contributed by atoms with Gasteiger partial charge in [-0.25, -0.2) is 0 Å². The molecule has 0 aliphatic carbocycles. The zero-order valence-electron chi connectivity index (χ0n) is 15.3. The summed E-state index contributed by atoms with van der Waals surface area (Å²) in [5.74, 6) is 0.0481. The number of hydrogen-bond donors (Lipinski definition) is 1. The van der Waals surface area contributed by atoms with E-state index in [1.807, 2.05) is 31.3 Å². The van der Waals surface area contributed by atoms with Crippen LogP contribution in [0.3, 0.4) is 0 Å². The number of halogens is 2. The molecule has 0 spiro atoms. The van der Waals surface area contributed by atoms with Crippen LogP contribution in [0.1, 0.15) is 32.6 Å². The molecular formula is C20H27Cl2N3O. The maximum atomic E-state index is 12.6. The van der Waals surface area contributed by atoms with Crippen molar-refractivity contribution < 1.29 is 4.79 Å². The van der Waals surface area contributed by atoms with E-state index >= 15 is 0 Å². The Kier molecular flexibility index (Phi) is 8.57. The number of fused-ring (bicyclic) bond motifs is 1. The van der Waals surface area contributed by atoms with Gasteiger partial charge in [-0.2, -0.15) is 0 Å². The van der Waals surface area contributed by atoms with Crippen molar-refractivity contribution in [1.29, 1.82) is 0 Å². The number of carbonyl (C=O) groups excluding carboxylic acids is 1. The highest BCUT2D eigenvalue weighted by Crippen LogP contribution is 2.23. The van der Waals surface area contributed by atoms with Gasteiger partial charge < -0.3 is 10.6 Å². The largest absolute Gasteiger partial charge is 0.337 e. The summed E-state index contributed by atoms with van der Waals surface area (Å²) >= 11 is 0. The number of hydrogen-bond acceptors (Lipinski definition) is 3. The molecule has 2 N–H and O–H groups in total. The molecule has 1 amide bonds. The molecule has 0 fully saturated rings. The summed E-state index contributed by atoms with van der Waals surface area (Å²) in [5.41, 5.74) is 11.4. The smallest absolute Gasteiger partial charge is 0.253 e. The van der Waals surface area contributed by atoms with E-state index < -0.39 is 0 Å². The summed E-state index contributed by atoms with van der Waals surface area (Å²) in [6.45, 7) is 3.25. The highest BCUT2D eigenvalue weighted by molar-refractivity contribution is 5.94. The second-order valence-corrected chi connectivity index (χ2v) is 6.67. The van der Waals surface area contributed by atoms with Crippen LogP contribution in [0.4, 0.5) is 0 Å². The summed E-state index contributed by atoms with van der Waals surface area (Å²) < 4.78 is 0. The lowest BCUT2D eigenvalue weighted by Crippen LogP contribution is -2.26. The molecule has 0 bridgehead atoms. The molecule has 142 valence electrons. The first-order valence-electron chi connectivity index (χ1n) is 8.40. The molecule has 0 saturated heterocycles. The predicted octanol–water partition coefficient (Wildman–Crippen LogP) is 3.25. The van der Waals surface area contributed by atoms with Crippen LogP contribution in [0.5, 0.6) is 0 Å². The van der Waals surface area contributed by atoms with Gasteiger partial charge in [-0.3, -0.25) is 9.69 Å². The Balaban J connectivity index is 0.00000169. The molecule has 0 radical (unpaired) electrons. The standard InChI is InChI=1S/C20H25N3O.2ClH/c1-22-13-18-8-5-16(11-19(18)14-22)12-23(2)20(24)17-6-3-15(4-7-17)9-10-21;;/h3-8,11H,9-10,12-14,21H2,1-2H3;2*1H. The lowest BCUT2D eigenvalue weighted by molar-refractivity contribution is 0.0785. The zero-order chi connectivity index (χ0) is 17.1. The monoisotopic (exact) mass is 395 g/mol. The Morgan fingerprint density at radius 1 is 1.04 bits per heavy atom. The Morgan fingerprint density at radius 2 is 1.65 bits per heavy atom. The van der Waals surface area contributed by atoms with Crippen molar-refractivity contribution in [1.82, 2.24) is 9.80 Å². The number of benzene rings is 2. The second-order valence-electron chi connectivity index (χ2n) is 6.67. The molecule has 0 atom stereocenters. The zero-order valence-corrected chi connectivity index (χ0v) is 16.9. The van der Waals surface area contributed by atoms with Crippen LogP contribution < -0.4 is 5.73 Å². The topological polar surface area (TPSA) is 49.6 Å². The molecule has 4 nitrogen and oxygen atoms in total. The molecule has 26 heavy (non-hydrogen) atoms. The molecule has 3 rings (SSSR count). The number of nitrogens with two attached hydrogens (primary N) is 1. The summed E-state index contributed by atoms with van der Waals surface area (Å²) in [7, 11) is 3.99. The summed E-state index contributed by atoms with van der Waals surface area (Å²) in [6, 6.07) is 14.3. The normalized spacial score (nSPS) is 12.7. The van der Waals surface area contributed by atoms with Crippen LogP contribution in [0.15, 0.2) is 42.5 Å². The van der Waals surface area contributed by atoms with Gasteiger partial charge in [0.1, 0.15) is 0 Å². The van der Waals surface area contributed by atoms with Gasteiger partial charge in [-0.1, -0.05) is 30.3 Å². The average Bonchev–Trinajstić information content (AvgIpc) is 2.94. The fraction of sp³-hybridized carbons (Fsp3) is 0.350. The van der Waals surface area contributed by atoms with Crippen molar-refractivity contribution in [2.45, 2.75) is 26.1 Å². The van der Waals surface area contributed by atoms with Gasteiger partial charge in [-0.05, 0) is 54.4 Å². The summed E-state index contributed by atoms with van der Waals surface area (Å²) in [6.07, 6.45) is 0.841. The van der Waals surface area contributed by atoms with Gasteiger partial charge in [0.15, 0.2) is 0 Å². The van der Waals surface area contributed by atoms with Gasteiger partial charge in [0, 0.05) is 32.2 Å².